The van der Waals surface area contributed by atoms with Crippen molar-refractivity contribution in [2.45, 2.75) is 20.3 Å². The molecule has 3 nitrogen and oxygen atoms in total. The molecule has 0 N–H and O–H groups in total. The average Bonchev–Trinajstić information content (AvgIpc) is 2.75. The molecular weight excluding hydrogens is 262 g/mol. The van der Waals surface area contributed by atoms with Crippen LogP contribution in [0.4, 0.5) is 5.69 Å². The first-order chi connectivity index (χ1) is 9.97. The molecule has 2 aromatic carbocycles. The molecule has 2 aromatic rings. The zero-order chi connectivity index (χ0) is 15.1. The molecule has 1 amide bonds. The SMILES string of the molecule is Cc1ccc(C)c(C(=O)c2ccc3c(c2)CC(=O)N3C)c1. The van der Waals surface area contributed by atoms with Crippen LogP contribution in [-0.2, 0) is 11.2 Å². The maximum atomic E-state index is 12.7. The number of aryl methyl sites for hydroxylation is 2. The molecule has 0 fully saturated rings. The van der Waals surface area contributed by atoms with Crippen molar-refractivity contribution in [3.63, 3.8) is 0 Å². The smallest absolute Gasteiger partial charge is 0.231 e. The molecule has 21 heavy (non-hydrogen) atoms. The summed E-state index contributed by atoms with van der Waals surface area (Å²) < 4.78 is 0. The largest absolute Gasteiger partial charge is 0.315 e. The van der Waals surface area contributed by atoms with Gasteiger partial charge in [0.1, 0.15) is 0 Å². The van der Waals surface area contributed by atoms with Gasteiger partial charge < -0.3 is 4.90 Å². The molecule has 3 rings (SSSR count). The average molecular weight is 279 g/mol. The Morgan fingerprint density at radius 1 is 1.10 bits per heavy atom. The molecule has 106 valence electrons. The zero-order valence-electron chi connectivity index (χ0n) is 12.4. The molecule has 0 atom stereocenters. The van der Waals surface area contributed by atoms with Crippen LogP contribution in [0.5, 0.6) is 0 Å². The lowest BCUT2D eigenvalue weighted by Crippen LogP contribution is -2.20. The van der Waals surface area contributed by atoms with Crippen molar-refractivity contribution in [2.24, 2.45) is 0 Å². The van der Waals surface area contributed by atoms with Crippen LogP contribution in [0, 0.1) is 13.8 Å². The fourth-order valence-corrected chi connectivity index (χ4v) is 2.75. The van der Waals surface area contributed by atoms with E-state index in [9.17, 15) is 9.59 Å². The molecule has 0 spiro atoms. The van der Waals surface area contributed by atoms with E-state index < -0.39 is 0 Å². The van der Waals surface area contributed by atoms with Gasteiger partial charge in [0.25, 0.3) is 0 Å². The number of carbonyl (C=O) groups excluding carboxylic acids is 2. The van der Waals surface area contributed by atoms with E-state index in [0.717, 1.165) is 27.9 Å². The summed E-state index contributed by atoms with van der Waals surface area (Å²) in [5.74, 6) is 0.0855. The number of fused-ring (bicyclic) bond motifs is 1. The number of nitrogens with zero attached hydrogens (tertiary/aromatic N) is 1. The minimum absolute atomic E-state index is 0.0148. The second kappa shape index (κ2) is 4.85. The Hall–Kier alpha value is -2.42. The van der Waals surface area contributed by atoms with Gasteiger partial charge in [-0.1, -0.05) is 17.7 Å². The lowest BCUT2D eigenvalue weighted by Gasteiger charge is -2.11. The summed E-state index contributed by atoms with van der Waals surface area (Å²) >= 11 is 0. The van der Waals surface area contributed by atoms with Crippen LogP contribution in [0.25, 0.3) is 0 Å². The molecule has 0 radical (unpaired) electrons. The number of hydrogen-bond acceptors (Lipinski definition) is 2. The Labute approximate surface area is 124 Å². The fourth-order valence-electron chi connectivity index (χ4n) is 2.75. The second-order valence-electron chi connectivity index (χ2n) is 5.62. The molecule has 0 saturated heterocycles. The lowest BCUT2D eigenvalue weighted by molar-refractivity contribution is -0.117. The molecular formula is C18H17NO2. The molecule has 0 saturated carbocycles. The molecule has 0 aliphatic carbocycles. The van der Waals surface area contributed by atoms with Gasteiger partial charge in [0.15, 0.2) is 5.78 Å². The summed E-state index contributed by atoms with van der Waals surface area (Å²) in [6, 6.07) is 11.4. The first-order valence-corrected chi connectivity index (χ1v) is 6.99. The fraction of sp³-hybridized carbons (Fsp3) is 0.222. The number of anilines is 1. The highest BCUT2D eigenvalue weighted by Crippen LogP contribution is 2.29. The van der Waals surface area contributed by atoms with E-state index in [1.807, 2.05) is 44.2 Å². The molecule has 1 aliphatic heterocycles. The van der Waals surface area contributed by atoms with Gasteiger partial charge in [-0.15, -0.1) is 0 Å². The number of amides is 1. The van der Waals surface area contributed by atoms with Crippen LogP contribution < -0.4 is 4.90 Å². The minimum Gasteiger partial charge on any atom is -0.315 e. The van der Waals surface area contributed by atoms with Gasteiger partial charge in [0.05, 0.1) is 6.42 Å². The Bertz CT molecular complexity index is 762. The first-order valence-electron chi connectivity index (χ1n) is 6.99. The van der Waals surface area contributed by atoms with E-state index in [0.29, 0.717) is 12.0 Å². The number of hydrogen-bond donors (Lipinski definition) is 0. The predicted octanol–water partition coefficient (Wildman–Crippen LogP) is 3.05. The summed E-state index contributed by atoms with van der Waals surface area (Å²) in [4.78, 5) is 26.0. The van der Waals surface area contributed by atoms with Crippen molar-refractivity contribution in [2.75, 3.05) is 11.9 Å². The van der Waals surface area contributed by atoms with E-state index in [2.05, 4.69) is 0 Å². The van der Waals surface area contributed by atoms with Gasteiger partial charge in [0, 0.05) is 23.9 Å². The van der Waals surface area contributed by atoms with Crippen LogP contribution in [0.1, 0.15) is 32.6 Å². The third-order valence-electron chi connectivity index (χ3n) is 4.06. The second-order valence-corrected chi connectivity index (χ2v) is 5.62. The third kappa shape index (κ3) is 2.25. The monoisotopic (exact) mass is 279 g/mol. The standard InChI is InChI=1S/C18H17NO2/c1-11-4-5-12(2)15(8-11)18(21)13-6-7-16-14(9-13)10-17(20)19(16)3/h4-9H,10H2,1-3H3. The van der Waals surface area contributed by atoms with Crippen LogP contribution in [0.3, 0.4) is 0 Å². The maximum Gasteiger partial charge on any atom is 0.231 e. The topological polar surface area (TPSA) is 37.4 Å². The highest BCUT2D eigenvalue weighted by atomic mass is 16.2. The Balaban J connectivity index is 2.02. The van der Waals surface area contributed by atoms with Crippen molar-refractivity contribution in [1.82, 2.24) is 0 Å². The zero-order valence-corrected chi connectivity index (χ0v) is 12.4. The van der Waals surface area contributed by atoms with Crippen molar-refractivity contribution >= 4 is 17.4 Å². The molecule has 0 aromatic heterocycles. The molecule has 0 unspecified atom stereocenters. The molecule has 0 bridgehead atoms. The molecule has 3 heteroatoms. The summed E-state index contributed by atoms with van der Waals surface area (Å²) in [5.41, 5.74) is 5.24. The first kappa shape index (κ1) is 13.6. The molecule has 1 heterocycles. The minimum atomic E-state index is 0.0148. The van der Waals surface area contributed by atoms with Gasteiger partial charge in [-0.25, -0.2) is 0 Å². The third-order valence-corrected chi connectivity index (χ3v) is 4.06. The van der Waals surface area contributed by atoms with Gasteiger partial charge in [-0.05, 0) is 49.2 Å². The van der Waals surface area contributed by atoms with Crippen LogP contribution in [0.2, 0.25) is 0 Å². The van der Waals surface area contributed by atoms with Gasteiger partial charge in [-0.2, -0.15) is 0 Å². The summed E-state index contributed by atoms with van der Waals surface area (Å²) in [6.07, 6.45) is 0.375. The van der Waals surface area contributed by atoms with Crippen molar-refractivity contribution in [3.05, 3.63) is 64.2 Å². The predicted molar refractivity (Wildman–Crippen MR) is 82.9 cm³/mol. The van der Waals surface area contributed by atoms with Crippen LogP contribution in [-0.4, -0.2) is 18.7 Å². The normalized spacial score (nSPS) is 13.5. The van der Waals surface area contributed by atoms with Crippen molar-refractivity contribution in [3.8, 4) is 0 Å². The Morgan fingerprint density at radius 2 is 1.86 bits per heavy atom. The van der Waals surface area contributed by atoms with Crippen LogP contribution in [0.15, 0.2) is 36.4 Å². The number of carbonyl (C=O) groups is 2. The van der Waals surface area contributed by atoms with E-state index >= 15 is 0 Å². The number of ketones is 1. The highest BCUT2D eigenvalue weighted by Gasteiger charge is 2.25. The van der Waals surface area contributed by atoms with Crippen molar-refractivity contribution in [1.29, 1.82) is 0 Å². The van der Waals surface area contributed by atoms with E-state index in [4.69, 9.17) is 0 Å². The Morgan fingerprint density at radius 3 is 2.62 bits per heavy atom. The summed E-state index contributed by atoms with van der Waals surface area (Å²) in [7, 11) is 1.76. The van der Waals surface area contributed by atoms with E-state index in [1.54, 1.807) is 18.0 Å². The quantitative estimate of drug-likeness (QED) is 0.792. The van der Waals surface area contributed by atoms with Gasteiger partial charge >= 0.3 is 0 Å². The summed E-state index contributed by atoms with van der Waals surface area (Å²) in [6.45, 7) is 3.92. The van der Waals surface area contributed by atoms with Gasteiger partial charge in [0.2, 0.25) is 5.91 Å². The highest BCUT2D eigenvalue weighted by molar-refractivity contribution is 6.11. The Kier molecular flexibility index (Phi) is 3.13. The number of rotatable bonds is 2. The lowest BCUT2D eigenvalue weighted by atomic mass is 9.96. The van der Waals surface area contributed by atoms with Gasteiger partial charge in [-0.3, -0.25) is 9.59 Å². The number of benzene rings is 2. The number of likely N-dealkylation sites (N-methyl/N-ethyl adjacent to an activating group) is 1. The van der Waals surface area contributed by atoms with Crippen LogP contribution >= 0.6 is 0 Å². The molecule has 1 aliphatic rings. The van der Waals surface area contributed by atoms with E-state index in [-0.39, 0.29) is 11.7 Å². The maximum absolute atomic E-state index is 12.7. The van der Waals surface area contributed by atoms with E-state index in [1.165, 1.54) is 0 Å². The summed E-state index contributed by atoms with van der Waals surface area (Å²) in [5, 5.41) is 0. The van der Waals surface area contributed by atoms with Crippen molar-refractivity contribution < 1.29 is 9.59 Å².